The largest absolute Gasteiger partial charge is 0.463 e. The highest BCUT2D eigenvalue weighted by atomic mass is 31.2. The van der Waals surface area contributed by atoms with E-state index in [1.54, 1.807) is 7.11 Å². The summed E-state index contributed by atoms with van der Waals surface area (Å²) in [5, 5.41) is 0. The fourth-order valence-electron chi connectivity index (χ4n) is 1.02. The molecule has 0 bridgehead atoms. The molecule has 0 aromatic heterocycles. The van der Waals surface area contributed by atoms with Gasteiger partial charge in [0.2, 0.25) is 0 Å². The highest BCUT2D eigenvalue weighted by Crippen LogP contribution is 2.52. The summed E-state index contributed by atoms with van der Waals surface area (Å²) in [6.07, 6.45) is 0. The lowest BCUT2D eigenvalue weighted by molar-refractivity contribution is 0.352. The molecule has 1 unspecified atom stereocenters. The summed E-state index contributed by atoms with van der Waals surface area (Å²) < 4.78 is 15.6. The molecule has 3 nitrogen and oxygen atoms in total. The third-order valence-corrected chi connectivity index (χ3v) is 2.58. The molecule has 1 atom stereocenters. The number of fused-ring (bicyclic) bond motifs is 1. The van der Waals surface area contributed by atoms with Gasteiger partial charge in [0, 0.05) is 7.11 Å². The van der Waals surface area contributed by atoms with E-state index in [0.29, 0.717) is 0 Å². The minimum atomic E-state index is -1.18. The Labute approximate surface area is 72.3 Å². The molecule has 4 heteroatoms. The van der Waals surface area contributed by atoms with Crippen LogP contribution in [0.1, 0.15) is 5.56 Å². The average Bonchev–Trinajstić information content (AvgIpc) is 2.46. The zero-order chi connectivity index (χ0) is 8.55. The van der Waals surface area contributed by atoms with Gasteiger partial charge in [-0.05, 0) is 24.6 Å². The van der Waals surface area contributed by atoms with Crippen LogP contribution in [0.15, 0.2) is 18.2 Å². The third-order valence-electron chi connectivity index (χ3n) is 1.59. The van der Waals surface area contributed by atoms with Crippen molar-refractivity contribution in [3.63, 3.8) is 0 Å². The van der Waals surface area contributed by atoms with Crippen molar-refractivity contribution in [1.82, 2.24) is 0 Å². The Balaban J connectivity index is 2.30. The Morgan fingerprint density at radius 1 is 1.25 bits per heavy atom. The first-order valence-corrected chi connectivity index (χ1v) is 4.70. The molecule has 0 spiro atoms. The molecule has 2 rings (SSSR count). The van der Waals surface area contributed by atoms with E-state index < -0.39 is 8.60 Å². The highest BCUT2D eigenvalue weighted by molar-refractivity contribution is 7.43. The van der Waals surface area contributed by atoms with Crippen molar-refractivity contribution in [1.29, 1.82) is 0 Å². The summed E-state index contributed by atoms with van der Waals surface area (Å²) in [6.45, 7) is 2.01. The van der Waals surface area contributed by atoms with Gasteiger partial charge in [-0.25, -0.2) is 0 Å². The van der Waals surface area contributed by atoms with Crippen molar-refractivity contribution in [3.8, 4) is 11.5 Å². The maximum absolute atomic E-state index is 5.36. The normalized spacial score (nSPS) is 19.7. The zero-order valence-electron chi connectivity index (χ0n) is 6.90. The summed E-state index contributed by atoms with van der Waals surface area (Å²) in [6, 6.07) is 5.82. The summed E-state index contributed by atoms with van der Waals surface area (Å²) in [5.41, 5.74) is 1.16. The molecule has 1 aromatic rings. The fourth-order valence-corrected chi connectivity index (χ4v) is 1.82. The molecule has 0 aliphatic carbocycles. The average molecular weight is 184 g/mol. The van der Waals surface area contributed by atoms with Gasteiger partial charge in [0.1, 0.15) is 0 Å². The van der Waals surface area contributed by atoms with Crippen LogP contribution in [0.2, 0.25) is 0 Å². The molecule has 0 saturated heterocycles. The first-order chi connectivity index (χ1) is 5.79. The lowest BCUT2D eigenvalue weighted by atomic mass is 10.2. The maximum atomic E-state index is 5.36. The summed E-state index contributed by atoms with van der Waals surface area (Å²) >= 11 is 0. The van der Waals surface area contributed by atoms with E-state index in [9.17, 15) is 0 Å². The maximum Gasteiger partial charge on any atom is 0.463 e. The predicted octanol–water partition coefficient (Wildman–Crippen LogP) is 2.64. The van der Waals surface area contributed by atoms with Gasteiger partial charge in [-0.2, -0.15) is 0 Å². The zero-order valence-corrected chi connectivity index (χ0v) is 7.80. The first-order valence-electron chi connectivity index (χ1n) is 3.60. The second kappa shape index (κ2) is 2.92. The van der Waals surface area contributed by atoms with E-state index in [2.05, 4.69) is 0 Å². The first kappa shape index (κ1) is 7.84. The van der Waals surface area contributed by atoms with E-state index in [-0.39, 0.29) is 0 Å². The Bertz CT molecular complexity index is 300. The summed E-state index contributed by atoms with van der Waals surface area (Å²) in [7, 11) is 0.392. The monoisotopic (exact) mass is 184 g/mol. The van der Waals surface area contributed by atoms with Crippen molar-refractivity contribution >= 4 is 8.60 Å². The molecule has 0 saturated carbocycles. The second-order valence-electron chi connectivity index (χ2n) is 2.54. The Morgan fingerprint density at radius 3 is 2.75 bits per heavy atom. The van der Waals surface area contributed by atoms with Gasteiger partial charge in [-0.3, -0.25) is 4.52 Å². The number of rotatable bonds is 1. The Kier molecular flexibility index (Phi) is 1.91. The van der Waals surface area contributed by atoms with Gasteiger partial charge in [0.25, 0.3) is 0 Å². The molecule has 12 heavy (non-hydrogen) atoms. The molecular weight excluding hydrogens is 175 g/mol. The second-order valence-corrected chi connectivity index (χ2v) is 3.72. The van der Waals surface area contributed by atoms with Gasteiger partial charge in [0.15, 0.2) is 11.5 Å². The lowest BCUT2D eigenvalue weighted by Gasteiger charge is -2.01. The molecule has 1 heterocycles. The third kappa shape index (κ3) is 1.26. The van der Waals surface area contributed by atoms with Crippen LogP contribution < -0.4 is 9.05 Å². The van der Waals surface area contributed by atoms with Crippen LogP contribution in [0, 0.1) is 6.92 Å². The van der Waals surface area contributed by atoms with Crippen molar-refractivity contribution in [3.05, 3.63) is 23.8 Å². The van der Waals surface area contributed by atoms with Crippen molar-refractivity contribution in [2.75, 3.05) is 7.11 Å². The molecule has 0 amide bonds. The van der Waals surface area contributed by atoms with Crippen LogP contribution in [0.3, 0.4) is 0 Å². The topological polar surface area (TPSA) is 27.7 Å². The van der Waals surface area contributed by atoms with Gasteiger partial charge < -0.3 is 9.05 Å². The van der Waals surface area contributed by atoms with Crippen LogP contribution in [0.4, 0.5) is 0 Å². The van der Waals surface area contributed by atoms with Crippen molar-refractivity contribution < 1.29 is 13.6 Å². The molecular formula is C8H9O3P. The summed E-state index contributed by atoms with van der Waals surface area (Å²) in [5.74, 6) is 1.55. The lowest BCUT2D eigenvalue weighted by Crippen LogP contribution is -1.85. The van der Waals surface area contributed by atoms with Crippen molar-refractivity contribution in [2.45, 2.75) is 6.92 Å². The van der Waals surface area contributed by atoms with E-state index in [0.717, 1.165) is 17.1 Å². The van der Waals surface area contributed by atoms with E-state index in [1.807, 2.05) is 25.1 Å². The van der Waals surface area contributed by atoms with Crippen LogP contribution >= 0.6 is 8.60 Å². The van der Waals surface area contributed by atoms with Gasteiger partial charge in [-0.15, -0.1) is 0 Å². The number of aryl methyl sites for hydroxylation is 1. The number of hydrogen-bond donors (Lipinski definition) is 0. The van der Waals surface area contributed by atoms with Crippen molar-refractivity contribution in [2.24, 2.45) is 0 Å². The number of hydrogen-bond acceptors (Lipinski definition) is 3. The smallest absolute Gasteiger partial charge is 0.414 e. The molecule has 0 radical (unpaired) electrons. The molecule has 0 fully saturated rings. The quantitative estimate of drug-likeness (QED) is 0.628. The minimum Gasteiger partial charge on any atom is -0.414 e. The van der Waals surface area contributed by atoms with E-state index in [4.69, 9.17) is 13.6 Å². The number of benzene rings is 1. The SMILES string of the molecule is COP1Oc2ccc(C)cc2O1. The molecule has 0 N–H and O–H groups in total. The predicted molar refractivity (Wildman–Crippen MR) is 46.4 cm³/mol. The van der Waals surface area contributed by atoms with Gasteiger partial charge in [0.05, 0.1) is 0 Å². The Hall–Kier alpha value is -0.790. The Morgan fingerprint density at radius 2 is 2.00 bits per heavy atom. The standard InChI is InChI=1S/C8H9O3P/c1-6-3-4-7-8(5-6)11-12(9-2)10-7/h3-5H,1-2H3. The highest BCUT2D eigenvalue weighted by Gasteiger charge is 2.26. The van der Waals surface area contributed by atoms with Crippen LogP contribution in [0.25, 0.3) is 0 Å². The molecule has 1 aliphatic rings. The van der Waals surface area contributed by atoms with Gasteiger partial charge >= 0.3 is 8.60 Å². The van der Waals surface area contributed by atoms with Crippen LogP contribution in [0.5, 0.6) is 11.5 Å². The fraction of sp³-hybridized carbons (Fsp3) is 0.250. The van der Waals surface area contributed by atoms with Crippen LogP contribution in [-0.2, 0) is 4.52 Å². The van der Waals surface area contributed by atoms with Crippen LogP contribution in [-0.4, -0.2) is 7.11 Å². The molecule has 1 aromatic carbocycles. The summed E-state index contributed by atoms with van der Waals surface area (Å²) in [4.78, 5) is 0. The van der Waals surface area contributed by atoms with E-state index in [1.165, 1.54) is 0 Å². The van der Waals surface area contributed by atoms with E-state index >= 15 is 0 Å². The molecule has 64 valence electrons. The van der Waals surface area contributed by atoms with Gasteiger partial charge in [-0.1, -0.05) is 6.07 Å². The minimum absolute atomic E-state index is 0.772. The molecule has 1 aliphatic heterocycles.